The number of aliphatic hydroxyl groups is 1. The molecule has 1 aromatic carbocycles. The van der Waals surface area contributed by atoms with Crippen molar-refractivity contribution in [3.63, 3.8) is 0 Å². The molecule has 3 N–H and O–H groups in total. The fourth-order valence-electron chi connectivity index (χ4n) is 5.97. The summed E-state index contributed by atoms with van der Waals surface area (Å²) >= 11 is 7.47. The number of anilines is 5. The molecule has 1 atom stereocenters. The lowest BCUT2D eigenvalue weighted by molar-refractivity contribution is -0.128. The van der Waals surface area contributed by atoms with E-state index < -0.39 is 5.60 Å². The first-order chi connectivity index (χ1) is 23.0. The van der Waals surface area contributed by atoms with Crippen molar-refractivity contribution in [2.45, 2.75) is 32.4 Å². The lowest BCUT2D eigenvalue weighted by atomic mass is 9.95. The van der Waals surface area contributed by atoms with Gasteiger partial charge in [-0.25, -0.2) is 15.0 Å². The second-order valence-corrected chi connectivity index (χ2v) is 13.7. The van der Waals surface area contributed by atoms with Crippen molar-refractivity contribution < 1.29 is 19.4 Å². The maximum atomic E-state index is 13.0. The van der Waals surface area contributed by atoms with Crippen molar-refractivity contribution in [3.05, 3.63) is 76.9 Å². The van der Waals surface area contributed by atoms with Gasteiger partial charge >= 0.3 is 0 Å². The van der Waals surface area contributed by atoms with E-state index in [9.17, 15) is 14.7 Å². The van der Waals surface area contributed by atoms with Crippen LogP contribution in [0.25, 0.3) is 11.3 Å². The molecule has 0 bridgehead atoms. The molecule has 5 heterocycles. The molecule has 0 radical (unpaired) electrons. The Hall–Kier alpha value is -4.72. The molecule has 0 spiro atoms. The van der Waals surface area contributed by atoms with E-state index in [2.05, 4.69) is 32.0 Å². The van der Waals surface area contributed by atoms with E-state index in [1.54, 1.807) is 19.4 Å². The predicted molar refractivity (Wildman–Crippen MR) is 190 cm³/mol. The number of ether oxygens (including phenoxy) is 1. The number of nitrogens with one attached hydrogen (secondary N) is 2. The number of thiazole rings is 1. The average molecular weight is 689 g/mol. The van der Waals surface area contributed by atoms with Gasteiger partial charge in [0.05, 0.1) is 41.0 Å². The Bertz CT molecular complexity index is 1850. The number of hydrogen-bond acceptors (Lipinski definition) is 11. The van der Waals surface area contributed by atoms with E-state index in [0.717, 1.165) is 22.6 Å². The number of pyridine rings is 2. The molecule has 2 amide bonds. The fourth-order valence-corrected chi connectivity index (χ4v) is 6.95. The Balaban J connectivity index is 1.25. The van der Waals surface area contributed by atoms with Crippen molar-refractivity contribution in [1.29, 1.82) is 0 Å². The first kappa shape index (κ1) is 33.2. The third-order valence-electron chi connectivity index (χ3n) is 8.42. The second kappa shape index (κ2) is 13.4. The fraction of sp³-hybridized carbons (Fsp3) is 0.324. The van der Waals surface area contributed by atoms with Gasteiger partial charge in [0.1, 0.15) is 4.88 Å². The molecule has 2 aliphatic heterocycles. The molecular weight excluding hydrogens is 652 g/mol. The molecule has 3 aromatic heterocycles. The standard InChI is InChI=1S/C34H37ClN8O4S/c1-6-28(44)43-13-12-41(17-21(43)3)31-25(42-18-34(4,46)19-42)14-22(15-36-31)24-10-11-26(47-5)30(38-24)40-33-37-16-27(48-33)32(45)39-29-20(2)8-7-9-23(29)35/h6-11,14-16,21,46H,1,12-13,17-19H2,2-5H3,(H,39,45)(H,37,38,40)/t21-/m1/s1. The number of β-amino-alcohol motifs (C(OH)–C–C–N with tert-alkyl or cyclic N) is 1. The Morgan fingerprint density at radius 2 is 1.96 bits per heavy atom. The highest BCUT2D eigenvalue weighted by atomic mass is 35.5. The third kappa shape index (κ3) is 6.80. The van der Waals surface area contributed by atoms with Gasteiger partial charge in [-0.15, -0.1) is 0 Å². The Morgan fingerprint density at radius 3 is 2.65 bits per heavy atom. The summed E-state index contributed by atoms with van der Waals surface area (Å²) in [6.45, 7) is 12.1. The lowest BCUT2D eigenvalue weighted by Crippen LogP contribution is -2.60. The van der Waals surface area contributed by atoms with Crippen LogP contribution in [-0.2, 0) is 4.79 Å². The molecule has 48 heavy (non-hydrogen) atoms. The number of rotatable bonds is 9. The summed E-state index contributed by atoms with van der Waals surface area (Å²) in [5.74, 6) is 1.31. The molecule has 250 valence electrons. The molecular formula is C34H37ClN8O4S. The number of methoxy groups -OCH3 is 1. The molecule has 6 rings (SSSR count). The van der Waals surface area contributed by atoms with Crippen molar-refractivity contribution in [1.82, 2.24) is 19.9 Å². The van der Waals surface area contributed by atoms with E-state index in [4.69, 9.17) is 26.3 Å². The van der Waals surface area contributed by atoms with Crippen LogP contribution in [0.3, 0.4) is 0 Å². The monoisotopic (exact) mass is 688 g/mol. The minimum atomic E-state index is -0.791. The van der Waals surface area contributed by atoms with Crippen LogP contribution in [-0.4, -0.2) is 88.2 Å². The number of aryl methyl sites for hydroxylation is 1. The van der Waals surface area contributed by atoms with Crippen molar-refractivity contribution in [3.8, 4) is 17.0 Å². The Labute approximate surface area is 288 Å². The third-order valence-corrected chi connectivity index (χ3v) is 9.65. The molecule has 2 fully saturated rings. The number of carbonyl (C=O) groups is 2. The van der Waals surface area contributed by atoms with Gasteiger partial charge in [0.15, 0.2) is 22.5 Å². The number of nitrogens with zero attached hydrogens (tertiary/aromatic N) is 6. The summed E-state index contributed by atoms with van der Waals surface area (Å²) in [6, 6.07) is 11.1. The molecule has 0 saturated carbocycles. The molecule has 0 aliphatic carbocycles. The number of benzene rings is 1. The number of halogens is 1. The molecule has 14 heteroatoms. The van der Waals surface area contributed by atoms with Crippen LogP contribution >= 0.6 is 22.9 Å². The summed E-state index contributed by atoms with van der Waals surface area (Å²) in [6.07, 6.45) is 4.63. The molecule has 2 aliphatic rings. The van der Waals surface area contributed by atoms with E-state index >= 15 is 0 Å². The number of hydrogen-bond donors (Lipinski definition) is 3. The zero-order valence-corrected chi connectivity index (χ0v) is 28.7. The van der Waals surface area contributed by atoms with Crippen molar-refractivity contribution in [2.24, 2.45) is 0 Å². The summed E-state index contributed by atoms with van der Waals surface area (Å²) < 4.78 is 5.59. The van der Waals surface area contributed by atoms with Gasteiger partial charge in [0.25, 0.3) is 5.91 Å². The smallest absolute Gasteiger partial charge is 0.267 e. The van der Waals surface area contributed by atoms with Crippen molar-refractivity contribution >= 4 is 62.9 Å². The van der Waals surface area contributed by atoms with Crippen LogP contribution < -0.4 is 25.2 Å². The predicted octanol–water partition coefficient (Wildman–Crippen LogP) is 5.36. The number of para-hydroxylation sites is 1. The highest BCUT2D eigenvalue weighted by Crippen LogP contribution is 2.39. The van der Waals surface area contributed by atoms with Crippen LogP contribution in [0.5, 0.6) is 5.75 Å². The maximum Gasteiger partial charge on any atom is 0.267 e. The summed E-state index contributed by atoms with van der Waals surface area (Å²) in [4.78, 5) is 46.0. The van der Waals surface area contributed by atoms with E-state index in [1.807, 2.05) is 56.0 Å². The Morgan fingerprint density at radius 1 is 1.17 bits per heavy atom. The van der Waals surface area contributed by atoms with Crippen LogP contribution in [0.2, 0.25) is 5.02 Å². The zero-order valence-electron chi connectivity index (χ0n) is 27.2. The quantitative estimate of drug-likeness (QED) is 0.197. The van der Waals surface area contributed by atoms with Crippen LogP contribution in [0.1, 0.15) is 29.1 Å². The summed E-state index contributed by atoms with van der Waals surface area (Å²) in [5.41, 5.74) is 2.92. The van der Waals surface area contributed by atoms with E-state index in [-0.39, 0.29) is 17.9 Å². The highest BCUT2D eigenvalue weighted by molar-refractivity contribution is 7.17. The maximum absolute atomic E-state index is 13.0. The average Bonchev–Trinajstić information content (AvgIpc) is 3.53. The summed E-state index contributed by atoms with van der Waals surface area (Å²) in [5, 5.41) is 17.6. The van der Waals surface area contributed by atoms with E-state index in [0.29, 0.717) is 70.7 Å². The first-order valence-electron chi connectivity index (χ1n) is 15.5. The normalized spacial score (nSPS) is 17.0. The minimum Gasteiger partial charge on any atom is -0.493 e. The van der Waals surface area contributed by atoms with Crippen LogP contribution in [0.15, 0.2) is 61.4 Å². The largest absolute Gasteiger partial charge is 0.493 e. The number of piperazine rings is 1. The molecule has 0 unspecified atom stereocenters. The lowest BCUT2D eigenvalue weighted by Gasteiger charge is -2.48. The topological polar surface area (TPSA) is 136 Å². The number of aromatic nitrogens is 3. The van der Waals surface area contributed by atoms with Crippen LogP contribution in [0.4, 0.5) is 28.1 Å². The first-order valence-corrected chi connectivity index (χ1v) is 16.7. The second-order valence-electron chi connectivity index (χ2n) is 12.2. The van der Waals surface area contributed by atoms with Gasteiger partial charge in [-0.05, 0) is 56.7 Å². The molecule has 2 saturated heterocycles. The van der Waals surface area contributed by atoms with Gasteiger partial charge in [-0.2, -0.15) is 0 Å². The van der Waals surface area contributed by atoms with Gasteiger partial charge in [0.2, 0.25) is 5.91 Å². The molecule has 12 nitrogen and oxygen atoms in total. The van der Waals surface area contributed by atoms with Crippen molar-refractivity contribution in [2.75, 3.05) is 60.3 Å². The number of carbonyl (C=O) groups excluding carboxylic acids is 2. The van der Waals surface area contributed by atoms with Gasteiger partial charge in [-0.1, -0.05) is 41.6 Å². The summed E-state index contributed by atoms with van der Waals surface area (Å²) in [7, 11) is 1.56. The SMILES string of the molecule is C=CC(=O)N1CCN(c2ncc(-c3ccc(OC)c(Nc4ncc(C(=O)Nc5c(C)cccc5Cl)s4)n3)cc2N2CC(C)(O)C2)C[C@H]1C. The van der Waals surface area contributed by atoms with Crippen LogP contribution in [0, 0.1) is 6.92 Å². The highest BCUT2D eigenvalue weighted by Gasteiger charge is 2.39. The van der Waals surface area contributed by atoms with Gasteiger partial charge in [0, 0.05) is 50.5 Å². The number of amides is 2. The molecule has 4 aromatic rings. The van der Waals surface area contributed by atoms with Gasteiger partial charge < -0.3 is 35.2 Å². The Kier molecular flexibility index (Phi) is 9.28. The minimum absolute atomic E-state index is 0.0207. The van der Waals surface area contributed by atoms with Gasteiger partial charge in [-0.3, -0.25) is 9.59 Å². The van der Waals surface area contributed by atoms with E-state index in [1.165, 1.54) is 23.6 Å². The zero-order chi connectivity index (χ0) is 34.2.